The number of aliphatic hydroxyl groups is 1. The standard InChI is InChI=1S/C14H21F2NO/c1-14(2,3)7-11(9-18)17-8-10-4-5-12(15)13(16)6-10/h4-6,11,17-18H,7-9H2,1-3H3. The fourth-order valence-corrected chi connectivity index (χ4v) is 1.85. The van der Waals surface area contributed by atoms with Gasteiger partial charge in [-0.25, -0.2) is 8.78 Å². The summed E-state index contributed by atoms with van der Waals surface area (Å²) in [6.45, 7) is 6.72. The topological polar surface area (TPSA) is 32.3 Å². The fourth-order valence-electron chi connectivity index (χ4n) is 1.85. The SMILES string of the molecule is CC(C)(C)CC(CO)NCc1ccc(F)c(F)c1. The molecule has 2 N–H and O–H groups in total. The summed E-state index contributed by atoms with van der Waals surface area (Å²) in [6.07, 6.45) is 0.813. The molecule has 4 heteroatoms. The van der Waals surface area contributed by atoms with Crippen LogP contribution in [0.3, 0.4) is 0 Å². The van der Waals surface area contributed by atoms with Gasteiger partial charge in [-0.15, -0.1) is 0 Å². The Kier molecular flexibility index (Phi) is 5.23. The summed E-state index contributed by atoms with van der Waals surface area (Å²) in [7, 11) is 0. The molecule has 1 atom stereocenters. The number of halogens is 2. The van der Waals surface area contributed by atoms with E-state index in [1.807, 2.05) is 0 Å². The third-order valence-corrected chi connectivity index (χ3v) is 2.66. The van der Waals surface area contributed by atoms with Gasteiger partial charge in [-0.1, -0.05) is 26.8 Å². The van der Waals surface area contributed by atoms with Crippen LogP contribution in [0.15, 0.2) is 18.2 Å². The highest BCUT2D eigenvalue weighted by Gasteiger charge is 2.17. The monoisotopic (exact) mass is 257 g/mol. The molecule has 2 nitrogen and oxygen atoms in total. The smallest absolute Gasteiger partial charge is 0.159 e. The zero-order valence-electron chi connectivity index (χ0n) is 11.1. The zero-order valence-corrected chi connectivity index (χ0v) is 11.1. The van der Waals surface area contributed by atoms with E-state index in [1.165, 1.54) is 12.1 Å². The Morgan fingerprint density at radius 3 is 2.39 bits per heavy atom. The molecule has 0 spiro atoms. The van der Waals surface area contributed by atoms with Gasteiger partial charge in [0, 0.05) is 12.6 Å². The molecule has 0 bridgehead atoms. The lowest BCUT2D eigenvalue weighted by Crippen LogP contribution is -2.35. The van der Waals surface area contributed by atoms with Crippen molar-refractivity contribution in [1.29, 1.82) is 0 Å². The highest BCUT2D eigenvalue weighted by atomic mass is 19.2. The number of benzene rings is 1. The van der Waals surface area contributed by atoms with Crippen LogP contribution in [-0.2, 0) is 6.54 Å². The zero-order chi connectivity index (χ0) is 13.8. The average molecular weight is 257 g/mol. The van der Waals surface area contributed by atoms with Crippen molar-refractivity contribution in [2.45, 2.75) is 39.8 Å². The third-order valence-electron chi connectivity index (χ3n) is 2.66. The Bertz CT molecular complexity index is 388. The highest BCUT2D eigenvalue weighted by molar-refractivity contribution is 5.17. The summed E-state index contributed by atoms with van der Waals surface area (Å²) >= 11 is 0. The third kappa shape index (κ3) is 5.10. The van der Waals surface area contributed by atoms with Gasteiger partial charge >= 0.3 is 0 Å². The van der Waals surface area contributed by atoms with E-state index in [4.69, 9.17) is 0 Å². The molecule has 0 fully saturated rings. The van der Waals surface area contributed by atoms with E-state index in [1.54, 1.807) is 0 Å². The first kappa shape index (κ1) is 15.1. The summed E-state index contributed by atoms with van der Waals surface area (Å²) in [4.78, 5) is 0. The molecule has 0 radical (unpaired) electrons. The van der Waals surface area contributed by atoms with Crippen LogP contribution in [-0.4, -0.2) is 17.8 Å². The Labute approximate surface area is 107 Å². The minimum atomic E-state index is -0.842. The minimum Gasteiger partial charge on any atom is -0.395 e. The summed E-state index contributed by atoms with van der Waals surface area (Å²) in [5, 5.41) is 12.4. The maximum absolute atomic E-state index is 13.0. The molecule has 0 aliphatic carbocycles. The van der Waals surface area contributed by atoms with E-state index in [0.717, 1.165) is 12.5 Å². The van der Waals surface area contributed by atoms with Crippen LogP contribution in [0.25, 0.3) is 0 Å². The molecule has 0 saturated heterocycles. The van der Waals surface area contributed by atoms with Gasteiger partial charge in [0.15, 0.2) is 11.6 Å². The van der Waals surface area contributed by atoms with E-state index in [-0.39, 0.29) is 18.1 Å². The highest BCUT2D eigenvalue weighted by Crippen LogP contribution is 2.20. The Morgan fingerprint density at radius 2 is 1.89 bits per heavy atom. The molecule has 1 unspecified atom stereocenters. The van der Waals surface area contributed by atoms with Gasteiger partial charge in [0.1, 0.15) is 0 Å². The van der Waals surface area contributed by atoms with Crippen LogP contribution in [0.1, 0.15) is 32.8 Å². The van der Waals surface area contributed by atoms with Crippen LogP contribution >= 0.6 is 0 Å². The second kappa shape index (κ2) is 6.25. The fraction of sp³-hybridized carbons (Fsp3) is 0.571. The first-order valence-electron chi connectivity index (χ1n) is 6.10. The van der Waals surface area contributed by atoms with E-state index in [9.17, 15) is 13.9 Å². The minimum absolute atomic E-state index is 0.0287. The number of nitrogens with one attached hydrogen (secondary N) is 1. The summed E-state index contributed by atoms with van der Waals surface area (Å²) in [5.41, 5.74) is 0.773. The van der Waals surface area contributed by atoms with Crippen LogP contribution in [0.2, 0.25) is 0 Å². The molecular formula is C14H21F2NO. The van der Waals surface area contributed by atoms with E-state index < -0.39 is 11.6 Å². The lowest BCUT2D eigenvalue weighted by Gasteiger charge is -2.25. The van der Waals surface area contributed by atoms with Crippen LogP contribution in [0.4, 0.5) is 8.78 Å². The first-order chi connectivity index (χ1) is 8.31. The normalized spacial score (nSPS) is 13.7. The molecule has 1 aromatic rings. The summed E-state index contributed by atoms with van der Waals surface area (Å²) in [5.74, 6) is -1.68. The molecule has 0 heterocycles. The van der Waals surface area contributed by atoms with Crippen molar-refractivity contribution in [2.75, 3.05) is 6.61 Å². The number of aliphatic hydroxyl groups excluding tert-OH is 1. The van der Waals surface area contributed by atoms with Crippen molar-refractivity contribution in [2.24, 2.45) is 5.41 Å². The molecule has 0 aliphatic heterocycles. The van der Waals surface area contributed by atoms with Crippen LogP contribution < -0.4 is 5.32 Å². The number of rotatable bonds is 5. The second-order valence-corrected chi connectivity index (χ2v) is 5.77. The molecule has 18 heavy (non-hydrogen) atoms. The van der Waals surface area contributed by atoms with Crippen molar-refractivity contribution >= 4 is 0 Å². The summed E-state index contributed by atoms with van der Waals surface area (Å²) in [6, 6.07) is 3.78. The number of hydrogen-bond donors (Lipinski definition) is 2. The molecule has 0 amide bonds. The molecule has 0 aliphatic rings. The Morgan fingerprint density at radius 1 is 1.22 bits per heavy atom. The lowest BCUT2D eigenvalue weighted by atomic mass is 9.88. The van der Waals surface area contributed by atoms with E-state index in [2.05, 4.69) is 26.1 Å². The lowest BCUT2D eigenvalue weighted by molar-refractivity contribution is 0.198. The molecule has 1 rings (SSSR count). The molecular weight excluding hydrogens is 236 g/mol. The Hall–Kier alpha value is -1.00. The van der Waals surface area contributed by atoms with Crippen molar-refractivity contribution in [3.05, 3.63) is 35.4 Å². The van der Waals surface area contributed by atoms with Gasteiger partial charge in [0.2, 0.25) is 0 Å². The van der Waals surface area contributed by atoms with Gasteiger partial charge in [-0.3, -0.25) is 0 Å². The predicted octanol–water partition coefficient (Wildman–Crippen LogP) is 2.85. The van der Waals surface area contributed by atoms with Crippen molar-refractivity contribution in [3.8, 4) is 0 Å². The van der Waals surface area contributed by atoms with Crippen LogP contribution in [0.5, 0.6) is 0 Å². The maximum atomic E-state index is 13.0. The van der Waals surface area contributed by atoms with Gasteiger partial charge in [0.05, 0.1) is 6.61 Å². The van der Waals surface area contributed by atoms with Gasteiger partial charge in [-0.2, -0.15) is 0 Å². The maximum Gasteiger partial charge on any atom is 0.159 e. The first-order valence-corrected chi connectivity index (χ1v) is 6.10. The average Bonchev–Trinajstić information content (AvgIpc) is 2.27. The second-order valence-electron chi connectivity index (χ2n) is 5.77. The molecule has 0 saturated carbocycles. The predicted molar refractivity (Wildman–Crippen MR) is 68.1 cm³/mol. The van der Waals surface area contributed by atoms with Crippen LogP contribution in [0, 0.1) is 17.0 Å². The van der Waals surface area contributed by atoms with Gasteiger partial charge < -0.3 is 10.4 Å². The Balaban J connectivity index is 2.54. The van der Waals surface area contributed by atoms with E-state index >= 15 is 0 Å². The summed E-state index contributed by atoms with van der Waals surface area (Å²) < 4.78 is 25.8. The van der Waals surface area contributed by atoms with E-state index in [0.29, 0.717) is 12.1 Å². The molecule has 0 aromatic heterocycles. The quantitative estimate of drug-likeness (QED) is 0.850. The molecule has 102 valence electrons. The van der Waals surface area contributed by atoms with Crippen molar-refractivity contribution in [1.82, 2.24) is 5.32 Å². The molecule has 1 aromatic carbocycles. The largest absolute Gasteiger partial charge is 0.395 e. The number of hydrogen-bond acceptors (Lipinski definition) is 2. The van der Waals surface area contributed by atoms with Crippen molar-refractivity contribution in [3.63, 3.8) is 0 Å². The van der Waals surface area contributed by atoms with Crippen molar-refractivity contribution < 1.29 is 13.9 Å². The van der Waals surface area contributed by atoms with Gasteiger partial charge in [-0.05, 0) is 29.5 Å². The van der Waals surface area contributed by atoms with Gasteiger partial charge in [0.25, 0.3) is 0 Å².